The van der Waals surface area contributed by atoms with Crippen LogP contribution in [0.2, 0.25) is 0 Å². The fourth-order valence-electron chi connectivity index (χ4n) is 3.04. The van der Waals surface area contributed by atoms with Crippen LogP contribution in [0, 0.1) is 12.8 Å². The van der Waals surface area contributed by atoms with Crippen LogP contribution in [0.15, 0.2) is 18.2 Å². The highest BCUT2D eigenvalue weighted by Crippen LogP contribution is 2.40. The van der Waals surface area contributed by atoms with Crippen molar-refractivity contribution < 1.29 is 0 Å². The Hall–Kier alpha value is -1.02. The van der Waals surface area contributed by atoms with Crippen LogP contribution in [0.1, 0.15) is 37.2 Å². The number of halogens is 1. The van der Waals surface area contributed by atoms with E-state index in [1.807, 2.05) is 0 Å². The maximum absolute atomic E-state index is 5.92. The molecule has 0 atom stereocenters. The number of nitrogens with zero attached hydrogens (tertiary/aromatic N) is 2. The molecule has 0 aliphatic heterocycles. The average molecular weight is 263 g/mol. The lowest BCUT2D eigenvalue weighted by atomic mass is 9.81. The van der Waals surface area contributed by atoms with Crippen molar-refractivity contribution in [2.24, 2.45) is 5.92 Å². The first kappa shape index (κ1) is 12.0. The lowest BCUT2D eigenvalue weighted by Crippen LogP contribution is -2.26. The van der Waals surface area contributed by atoms with Crippen molar-refractivity contribution in [3.8, 4) is 0 Å². The van der Waals surface area contributed by atoms with E-state index in [0.29, 0.717) is 11.9 Å². The number of rotatable bonds is 3. The smallest absolute Gasteiger partial charge is 0.111 e. The Kier molecular flexibility index (Phi) is 3.06. The topological polar surface area (TPSA) is 17.8 Å². The molecule has 18 heavy (non-hydrogen) atoms. The van der Waals surface area contributed by atoms with E-state index in [1.165, 1.54) is 23.9 Å². The summed E-state index contributed by atoms with van der Waals surface area (Å²) >= 11 is 5.92. The van der Waals surface area contributed by atoms with Crippen molar-refractivity contribution in [2.75, 3.05) is 5.88 Å². The molecule has 3 heteroatoms. The normalized spacial score (nSPS) is 23.3. The van der Waals surface area contributed by atoms with Crippen LogP contribution in [-0.4, -0.2) is 15.4 Å². The summed E-state index contributed by atoms with van der Waals surface area (Å²) < 4.78 is 2.44. The average Bonchev–Trinajstić information content (AvgIpc) is 2.65. The van der Waals surface area contributed by atoms with Gasteiger partial charge in [-0.25, -0.2) is 4.98 Å². The highest BCUT2D eigenvalue weighted by molar-refractivity contribution is 6.17. The van der Waals surface area contributed by atoms with Gasteiger partial charge in [-0.2, -0.15) is 0 Å². The highest BCUT2D eigenvalue weighted by Gasteiger charge is 2.29. The zero-order valence-corrected chi connectivity index (χ0v) is 11.7. The second kappa shape index (κ2) is 4.58. The summed E-state index contributed by atoms with van der Waals surface area (Å²) in [5, 5.41) is 0. The molecular weight excluding hydrogens is 244 g/mol. The zero-order chi connectivity index (χ0) is 12.7. The van der Waals surface area contributed by atoms with Gasteiger partial charge in [0.25, 0.3) is 0 Å². The Balaban J connectivity index is 2.13. The lowest BCUT2D eigenvalue weighted by Gasteiger charge is -2.35. The molecule has 2 nitrogen and oxygen atoms in total. The van der Waals surface area contributed by atoms with Gasteiger partial charge in [-0.05, 0) is 37.3 Å². The summed E-state index contributed by atoms with van der Waals surface area (Å²) in [6, 6.07) is 7.08. The number of hydrogen-bond donors (Lipinski definition) is 0. The third kappa shape index (κ3) is 1.83. The Morgan fingerprint density at radius 1 is 1.39 bits per heavy atom. The molecule has 0 radical (unpaired) electrons. The largest absolute Gasteiger partial charge is 0.325 e. The number of para-hydroxylation sites is 1. The van der Waals surface area contributed by atoms with E-state index < -0.39 is 0 Å². The molecule has 0 amide bonds. The van der Waals surface area contributed by atoms with Gasteiger partial charge in [-0.15, -0.1) is 11.6 Å². The standard InChI is InChI=1S/C15H19ClN2/c1-10-8-12(9-10)18-13-5-3-4-11(2)15(13)17-14(18)6-7-16/h3-5,10,12H,6-9H2,1-2H3. The molecule has 1 aliphatic carbocycles. The number of benzene rings is 1. The van der Waals surface area contributed by atoms with Gasteiger partial charge in [0, 0.05) is 18.3 Å². The van der Waals surface area contributed by atoms with Crippen LogP contribution in [0.5, 0.6) is 0 Å². The number of aryl methyl sites for hydroxylation is 2. The van der Waals surface area contributed by atoms with Crippen molar-refractivity contribution in [1.29, 1.82) is 0 Å². The minimum Gasteiger partial charge on any atom is -0.325 e. The third-order valence-corrected chi connectivity index (χ3v) is 4.22. The van der Waals surface area contributed by atoms with Gasteiger partial charge in [0.2, 0.25) is 0 Å². The molecule has 0 bridgehead atoms. The van der Waals surface area contributed by atoms with E-state index in [9.17, 15) is 0 Å². The summed E-state index contributed by atoms with van der Waals surface area (Å²) in [6.45, 7) is 4.45. The Bertz CT molecular complexity index is 567. The number of imidazole rings is 1. The molecule has 1 saturated carbocycles. The van der Waals surface area contributed by atoms with Crippen LogP contribution in [-0.2, 0) is 6.42 Å². The summed E-state index contributed by atoms with van der Waals surface area (Å²) in [5.74, 6) is 2.65. The van der Waals surface area contributed by atoms with Gasteiger partial charge in [0.05, 0.1) is 11.0 Å². The van der Waals surface area contributed by atoms with Crippen LogP contribution in [0.4, 0.5) is 0 Å². The maximum Gasteiger partial charge on any atom is 0.111 e. The minimum atomic E-state index is 0.630. The van der Waals surface area contributed by atoms with Crippen LogP contribution in [0.25, 0.3) is 11.0 Å². The number of alkyl halides is 1. The number of hydrogen-bond acceptors (Lipinski definition) is 1. The molecule has 96 valence electrons. The van der Waals surface area contributed by atoms with Gasteiger partial charge in [-0.3, -0.25) is 0 Å². The van der Waals surface area contributed by atoms with Gasteiger partial charge in [-0.1, -0.05) is 19.1 Å². The maximum atomic E-state index is 5.92. The minimum absolute atomic E-state index is 0.630. The van der Waals surface area contributed by atoms with Crippen LogP contribution >= 0.6 is 11.6 Å². The van der Waals surface area contributed by atoms with E-state index in [4.69, 9.17) is 16.6 Å². The van der Waals surface area contributed by atoms with E-state index >= 15 is 0 Å². The van der Waals surface area contributed by atoms with Crippen molar-refractivity contribution in [2.45, 2.75) is 39.2 Å². The molecule has 0 spiro atoms. The molecule has 1 heterocycles. The SMILES string of the molecule is Cc1cccc2c1nc(CCCl)n2C1CC(C)C1. The first-order chi connectivity index (χ1) is 8.70. The fraction of sp³-hybridized carbons (Fsp3) is 0.533. The predicted molar refractivity (Wildman–Crippen MR) is 76.3 cm³/mol. The first-order valence-electron chi connectivity index (χ1n) is 6.73. The number of aromatic nitrogens is 2. The van der Waals surface area contributed by atoms with Gasteiger partial charge in [0.1, 0.15) is 5.82 Å². The third-order valence-electron chi connectivity index (χ3n) is 4.03. The van der Waals surface area contributed by atoms with Gasteiger partial charge in [0.15, 0.2) is 0 Å². The number of fused-ring (bicyclic) bond motifs is 1. The van der Waals surface area contributed by atoms with Gasteiger partial charge < -0.3 is 4.57 Å². The van der Waals surface area contributed by atoms with E-state index in [-0.39, 0.29) is 0 Å². The second-order valence-electron chi connectivity index (χ2n) is 5.51. The van der Waals surface area contributed by atoms with Crippen molar-refractivity contribution in [3.63, 3.8) is 0 Å². The zero-order valence-electron chi connectivity index (χ0n) is 11.0. The summed E-state index contributed by atoms with van der Waals surface area (Å²) in [7, 11) is 0. The van der Waals surface area contributed by atoms with Gasteiger partial charge >= 0.3 is 0 Å². The van der Waals surface area contributed by atoms with E-state index in [0.717, 1.165) is 23.7 Å². The summed E-state index contributed by atoms with van der Waals surface area (Å²) in [4.78, 5) is 4.81. The Labute approximate surface area is 113 Å². The van der Waals surface area contributed by atoms with Crippen molar-refractivity contribution in [3.05, 3.63) is 29.6 Å². The highest BCUT2D eigenvalue weighted by atomic mass is 35.5. The fourth-order valence-corrected chi connectivity index (χ4v) is 3.21. The molecular formula is C15H19ClN2. The molecule has 0 N–H and O–H groups in total. The Morgan fingerprint density at radius 2 is 2.17 bits per heavy atom. The van der Waals surface area contributed by atoms with Crippen LogP contribution < -0.4 is 0 Å². The lowest BCUT2D eigenvalue weighted by molar-refractivity contribution is 0.217. The second-order valence-corrected chi connectivity index (χ2v) is 5.89. The monoisotopic (exact) mass is 262 g/mol. The van der Waals surface area contributed by atoms with E-state index in [1.54, 1.807) is 0 Å². The molecule has 1 fully saturated rings. The molecule has 2 aromatic rings. The molecule has 3 rings (SSSR count). The predicted octanol–water partition coefficient (Wildman–Crippen LogP) is 4.10. The molecule has 1 aromatic carbocycles. The molecule has 0 unspecified atom stereocenters. The summed E-state index contributed by atoms with van der Waals surface area (Å²) in [5.41, 5.74) is 3.69. The molecule has 1 aliphatic rings. The van der Waals surface area contributed by atoms with Crippen LogP contribution in [0.3, 0.4) is 0 Å². The summed E-state index contributed by atoms with van der Waals surface area (Å²) in [6.07, 6.45) is 3.41. The van der Waals surface area contributed by atoms with Crippen molar-refractivity contribution in [1.82, 2.24) is 9.55 Å². The first-order valence-corrected chi connectivity index (χ1v) is 7.26. The molecule has 0 saturated heterocycles. The Morgan fingerprint density at radius 3 is 2.83 bits per heavy atom. The van der Waals surface area contributed by atoms with Crippen molar-refractivity contribution >= 4 is 22.6 Å². The quantitative estimate of drug-likeness (QED) is 0.762. The molecule has 1 aromatic heterocycles. The van der Waals surface area contributed by atoms with E-state index in [2.05, 4.69) is 36.6 Å².